The third-order valence-electron chi connectivity index (χ3n) is 1.83. The second-order valence-corrected chi connectivity index (χ2v) is 2.57. The highest BCUT2D eigenvalue weighted by atomic mass is 16.5. The van der Waals surface area contributed by atoms with Crippen LogP contribution in [0.5, 0.6) is 0 Å². The summed E-state index contributed by atoms with van der Waals surface area (Å²) in [5.74, 6) is 0. The van der Waals surface area contributed by atoms with Crippen LogP contribution in [0.25, 0.3) is 0 Å². The summed E-state index contributed by atoms with van der Waals surface area (Å²) in [7, 11) is 2.97. The van der Waals surface area contributed by atoms with Gasteiger partial charge < -0.3 is 20.1 Å². The number of rotatable bonds is 2. The van der Waals surface area contributed by atoms with Crippen molar-refractivity contribution in [1.82, 2.24) is 10.6 Å². The van der Waals surface area contributed by atoms with E-state index in [0.717, 1.165) is 0 Å². The van der Waals surface area contributed by atoms with Crippen LogP contribution < -0.4 is 10.6 Å². The van der Waals surface area contributed by atoms with Crippen molar-refractivity contribution in [3.8, 4) is 12.1 Å². The predicted octanol–water partition coefficient (Wildman–Crippen LogP) is -0.617. The molecule has 6 nitrogen and oxygen atoms in total. The van der Waals surface area contributed by atoms with Crippen molar-refractivity contribution in [2.45, 2.75) is 12.5 Å². The lowest BCUT2D eigenvalue weighted by molar-refractivity contribution is -0.0644. The van der Waals surface area contributed by atoms with Crippen LogP contribution in [0.3, 0.4) is 0 Å². The van der Waals surface area contributed by atoms with Crippen molar-refractivity contribution in [2.24, 2.45) is 0 Å². The molecule has 0 aromatic heterocycles. The van der Waals surface area contributed by atoms with Gasteiger partial charge in [-0.05, 0) is 0 Å². The highest BCUT2D eigenvalue weighted by molar-refractivity contribution is 5.36. The normalized spacial score (nSPS) is 25.7. The minimum atomic E-state index is -0.480. The first-order valence-corrected chi connectivity index (χ1v) is 3.90. The largest absolute Gasteiger partial charge is 0.357 e. The Bertz CT molecular complexity index is 293. The van der Waals surface area contributed by atoms with Gasteiger partial charge >= 0.3 is 0 Å². The summed E-state index contributed by atoms with van der Waals surface area (Å²) < 4.78 is 10.1. The molecule has 2 N–H and O–H groups in total. The molecule has 0 fully saturated rings. The Hall–Kier alpha value is -1.76. The maximum atomic E-state index is 8.71. The van der Waals surface area contributed by atoms with Crippen molar-refractivity contribution in [2.75, 3.05) is 14.2 Å². The summed E-state index contributed by atoms with van der Waals surface area (Å²) in [5.41, 5.74) is 0.320. The Morgan fingerprint density at radius 1 is 1.00 bits per heavy atom. The van der Waals surface area contributed by atoms with Crippen molar-refractivity contribution in [3.63, 3.8) is 0 Å². The molecule has 1 aliphatic heterocycles. The van der Waals surface area contributed by atoms with Crippen LogP contribution in [0, 0.1) is 22.7 Å². The van der Waals surface area contributed by atoms with Crippen molar-refractivity contribution >= 4 is 0 Å². The molecule has 0 saturated heterocycles. The summed E-state index contributed by atoms with van der Waals surface area (Å²) in [5, 5.41) is 22.9. The molecule has 0 aromatic rings. The Morgan fingerprint density at radius 2 is 1.36 bits per heavy atom. The van der Waals surface area contributed by atoms with Gasteiger partial charge in [-0.25, -0.2) is 0 Å². The Labute approximate surface area is 81.7 Å². The lowest BCUT2D eigenvalue weighted by Crippen LogP contribution is -2.54. The Balaban J connectivity index is 2.92. The average molecular weight is 194 g/mol. The van der Waals surface area contributed by atoms with E-state index >= 15 is 0 Å². The molecule has 6 heteroatoms. The van der Waals surface area contributed by atoms with Gasteiger partial charge in [0.15, 0.2) is 12.5 Å². The van der Waals surface area contributed by atoms with E-state index in [-0.39, 0.29) is 11.4 Å². The topological polar surface area (TPSA) is 90.1 Å². The van der Waals surface area contributed by atoms with E-state index in [4.69, 9.17) is 20.0 Å². The van der Waals surface area contributed by atoms with E-state index in [1.54, 1.807) is 0 Å². The minimum absolute atomic E-state index is 0.160. The first-order valence-electron chi connectivity index (χ1n) is 3.90. The van der Waals surface area contributed by atoms with Gasteiger partial charge in [-0.1, -0.05) is 0 Å². The number of methoxy groups -OCH3 is 2. The lowest BCUT2D eigenvalue weighted by atomic mass is 10.2. The fourth-order valence-corrected chi connectivity index (χ4v) is 1.12. The van der Waals surface area contributed by atoms with E-state index in [0.29, 0.717) is 0 Å². The summed E-state index contributed by atoms with van der Waals surface area (Å²) in [6.07, 6.45) is -0.960. The molecular weight excluding hydrogens is 184 g/mol. The maximum absolute atomic E-state index is 8.71. The SMILES string of the molecule is CO[C@H]1NC(C#N)=C(C#N)N[C@H]1OC. The van der Waals surface area contributed by atoms with Crippen LogP contribution in [-0.4, -0.2) is 26.7 Å². The molecule has 0 radical (unpaired) electrons. The van der Waals surface area contributed by atoms with E-state index in [2.05, 4.69) is 10.6 Å². The highest BCUT2D eigenvalue weighted by Crippen LogP contribution is 2.10. The van der Waals surface area contributed by atoms with Crippen molar-refractivity contribution in [1.29, 1.82) is 10.5 Å². The number of hydrogen-bond acceptors (Lipinski definition) is 6. The monoisotopic (exact) mass is 194 g/mol. The van der Waals surface area contributed by atoms with Crippen LogP contribution in [0.4, 0.5) is 0 Å². The summed E-state index contributed by atoms with van der Waals surface area (Å²) in [6.45, 7) is 0. The second-order valence-electron chi connectivity index (χ2n) is 2.57. The van der Waals surface area contributed by atoms with Crippen molar-refractivity contribution < 1.29 is 9.47 Å². The zero-order valence-electron chi connectivity index (χ0n) is 7.87. The summed E-state index contributed by atoms with van der Waals surface area (Å²) >= 11 is 0. The zero-order chi connectivity index (χ0) is 10.6. The molecule has 0 aromatic carbocycles. The van der Waals surface area contributed by atoms with Gasteiger partial charge in [-0.3, -0.25) is 0 Å². The molecule has 1 rings (SSSR count). The third-order valence-corrected chi connectivity index (χ3v) is 1.83. The zero-order valence-corrected chi connectivity index (χ0v) is 7.87. The third kappa shape index (κ3) is 1.77. The van der Waals surface area contributed by atoms with Crippen LogP contribution in [0.15, 0.2) is 11.4 Å². The van der Waals surface area contributed by atoms with Gasteiger partial charge in [0.2, 0.25) is 0 Å². The van der Waals surface area contributed by atoms with E-state index in [1.165, 1.54) is 14.2 Å². The molecule has 1 heterocycles. The number of nitrogens with one attached hydrogen (secondary N) is 2. The second kappa shape index (κ2) is 4.47. The van der Waals surface area contributed by atoms with Crippen LogP contribution in [0.2, 0.25) is 0 Å². The first kappa shape index (κ1) is 10.3. The molecule has 14 heavy (non-hydrogen) atoms. The molecule has 0 aliphatic carbocycles. The van der Waals surface area contributed by atoms with E-state index in [9.17, 15) is 0 Å². The van der Waals surface area contributed by atoms with Crippen LogP contribution in [-0.2, 0) is 9.47 Å². The Kier molecular flexibility index (Phi) is 3.29. The number of nitriles is 2. The summed E-state index contributed by atoms with van der Waals surface area (Å²) in [6, 6.07) is 3.72. The van der Waals surface area contributed by atoms with Gasteiger partial charge in [0.1, 0.15) is 23.5 Å². The summed E-state index contributed by atoms with van der Waals surface area (Å²) in [4.78, 5) is 0. The number of nitrogens with zero attached hydrogens (tertiary/aromatic N) is 2. The number of ether oxygens (including phenoxy) is 2. The van der Waals surface area contributed by atoms with E-state index < -0.39 is 12.5 Å². The quantitative estimate of drug-likeness (QED) is 0.609. The standard InChI is InChI=1S/C8H10N4O2/c1-13-7-8(14-2)12-6(4-10)5(3-9)11-7/h7-8,11-12H,1-2H3/t7-,8+. The molecule has 2 atom stereocenters. The molecular formula is C8H10N4O2. The molecule has 0 spiro atoms. The van der Waals surface area contributed by atoms with Gasteiger partial charge in [0, 0.05) is 14.2 Å². The fraction of sp³-hybridized carbons (Fsp3) is 0.500. The van der Waals surface area contributed by atoms with Crippen LogP contribution in [0.1, 0.15) is 0 Å². The fourth-order valence-electron chi connectivity index (χ4n) is 1.12. The lowest BCUT2D eigenvalue weighted by Gasteiger charge is -2.31. The number of allylic oxidation sites excluding steroid dienone is 2. The van der Waals surface area contributed by atoms with Gasteiger partial charge in [0.05, 0.1) is 0 Å². The minimum Gasteiger partial charge on any atom is -0.357 e. The van der Waals surface area contributed by atoms with E-state index in [1.807, 2.05) is 12.1 Å². The molecule has 0 saturated carbocycles. The predicted molar refractivity (Wildman–Crippen MR) is 46.1 cm³/mol. The van der Waals surface area contributed by atoms with Gasteiger partial charge in [-0.2, -0.15) is 10.5 Å². The smallest absolute Gasteiger partial charge is 0.173 e. The number of hydrogen-bond donors (Lipinski definition) is 2. The van der Waals surface area contributed by atoms with Crippen LogP contribution >= 0.6 is 0 Å². The van der Waals surface area contributed by atoms with Crippen molar-refractivity contribution in [3.05, 3.63) is 11.4 Å². The van der Waals surface area contributed by atoms with Gasteiger partial charge in [0.25, 0.3) is 0 Å². The Morgan fingerprint density at radius 3 is 1.57 bits per heavy atom. The van der Waals surface area contributed by atoms with Gasteiger partial charge in [-0.15, -0.1) is 0 Å². The molecule has 1 aliphatic rings. The molecule has 74 valence electrons. The first-order chi connectivity index (χ1) is 6.76. The molecule has 0 unspecified atom stereocenters. The maximum Gasteiger partial charge on any atom is 0.173 e. The highest BCUT2D eigenvalue weighted by Gasteiger charge is 2.28. The molecule has 0 bridgehead atoms. The average Bonchev–Trinajstić information content (AvgIpc) is 2.26. The molecule has 0 amide bonds.